The molecular weight excluding hydrogens is 945 g/mol. The summed E-state index contributed by atoms with van der Waals surface area (Å²) in [5.74, 6) is 0. The summed E-state index contributed by atoms with van der Waals surface area (Å²) in [5.41, 5.74) is 12.4. The fourth-order valence-electron chi connectivity index (χ4n) is 10.1. The topological polar surface area (TPSA) is 116 Å². The Morgan fingerprint density at radius 2 is 0.539 bits per heavy atom. The number of pyridine rings is 4. The van der Waals surface area contributed by atoms with Gasteiger partial charge in [0, 0.05) is 75.0 Å². The first kappa shape index (κ1) is 53.9. The first-order valence-corrected chi connectivity index (χ1v) is 28.1. The lowest BCUT2D eigenvalue weighted by atomic mass is 10.1. The molecule has 12 heteroatoms. The Morgan fingerprint density at radius 1 is 0.289 bits per heavy atom. The van der Waals surface area contributed by atoms with Gasteiger partial charge in [0.2, 0.25) is 22.8 Å². The van der Waals surface area contributed by atoms with Crippen LogP contribution in [0, 0.1) is 0 Å². The maximum Gasteiger partial charge on any atom is 0.216 e. The van der Waals surface area contributed by atoms with Gasteiger partial charge in [0.05, 0.1) is 66.5 Å². The minimum absolute atomic E-state index is 0.613. The molecule has 1 aliphatic rings. The number of nitrogens with zero attached hydrogens (tertiary/aromatic N) is 4. The molecule has 0 amide bonds. The average molecular weight is 1030 g/mol. The van der Waals surface area contributed by atoms with Crippen molar-refractivity contribution in [2.24, 2.45) is 0 Å². The number of unbranched alkanes of at least 4 members (excludes halogenated alkanes) is 4. The van der Waals surface area contributed by atoms with Gasteiger partial charge in [-0.2, -0.15) is 18.3 Å². The van der Waals surface area contributed by atoms with Crippen molar-refractivity contribution in [2.45, 2.75) is 105 Å². The van der Waals surface area contributed by atoms with Crippen molar-refractivity contribution in [1.82, 2.24) is 19.9 Å². The predicted octanol–water partition coefficient (Wildman–Crippen LogP) is 6.72. The van der Waals surface area contributed by atoms with Crippen molar-refractivity contribution < 1.29 is 37.2 Å². The molecule has 0 saturated heterocycles. The maximum atomic E-state index is 6.19. The molecule has 8 bridgehead atoms. The summed E-state index contributed by atoms with van der Waals surface area (Å²) in [6.07, 6.45) is 17.3. The summed E-state index contributed by atoms with van der Waals surface area (Å²) in [5, 5.41) is 3.94. The molecule has 12 nitrogen and oxygen atoms in total. The minimum Gasteiger partial charge on any atom is -0.375 e. The van der Waals surface area contributed by atoms with Crippen LogP contribution in [0.15, 0.2) is 146 Å². The van der Waals surface area contributed by atoms with Gasteiger partial charge in [0.15, 0.2) is 51.0 Å². The lowest BCUT2D eigenvalue weighted by Gasteiger charge is -2.10. The maximum absolute atomic E-state index is 6.19. The van der Waals surface area contributed by atoms with Crippen LogP contribution in [0.4, 0.5) is 0 Å². The number of aromatic nitrogens is 8. The van der Waals surface area contributed by atoms with Gasteiger partial charge in [-0.1, -0.05) is 53.4 Å². The molecule has 396 valence electrons. The Balaban J connectivity index is 1.32. The third kappa shape index (κ3) is 13.2. The van der Waals surface area contributed by atoms with Gasteiger partial charge in [-0.15, -0.1) is 0 Å². The zero-order chi connectivity index (χ0) is 52.3. The van der Waals surface area contributed by atoms with Crippen LogP contribution in [0.2, 0.25) is 0 Å². The molecule has 0 radical (unpaired) electrons. The monoisotopic (exact) mass is 1020 g/mol. The first-order valence-electron chi connectivity index (χ1n) is 28.1. The van der Waals surface area contributed by atoms with E-state index >= 15 is 0 Å². The Morgan fingerprint density at radius 3 is 0.776 bits per heavy atom. The van der Waals surface area contributed by atoms with Gasteiger partial charge in [0.25, 0.3) is 0 Å². The van der Waals surface area contributed by atoms with Crippen molar-refractivity contribution in [3.63, 3.8) is 0 Å². The molecule has 0 aliphatic carbocycles. The van der Waals surface area contributed by atoms with E-state index < -0.39 is 0 Å². The summed E-state index contributed by atoms with van der Waals surface area (Å²) in [6.45, 7) is 17.1. The predicted molar refractivity (Wildman–Crippen MR) is 298 cm³/mol. The summed E-state index contributed by atoms with van der Waals surface area (Å²) < 4.78 is 34.0. The Kier molecular flexibility index (Phi) is 19.6. The van der Waals surface area contributed by atoms with Gasteiger partial charge in [-0.05, 0) is 98.5 Å². The number of H-pyrrole nitrogens is 4. The quantitative estimate of drug-likeness (QED) is 0.0323. The Labute approximate surface area is 448 Å². The molecule has 0 fully saturated rings. The molecule has 4 N–H and O–H groups in total. The van der Waals surface area contributed by atoms with E-state index in [-0.39, 0.29) is 0 Å². The zero-order valence-electron chi connectivity index (χ0n) is 45.4. The van der Waals surface area contributed by atoms with Gasteiger partial charge in [-0.25, -0.2) is 0 Å². The highest BCUT2D eigenvalue weighted by atomic mass is 16.5. The molecule has 0 saturated carbocycles. The minimum atomic E-state index is 0.613. The molecule has 76 heavy (non-hydrogen) atoms. The highest BCUT2D eigenvalue weighted by Gasteiger charge is 2.28. The van der Waals surface area contributed by atoms with Crippen molar-refractivity contribution in [3.8, 4) is 0 Å². The van der Waals surface area contributed by atoms with E-state index in [4.69, 9.17) is 18.9 Å². The molecular formula is C64H80N8O4+4. The van der Waals surface area contributed by atoms with E-state index in [1.165, 1.54) is 0 Å². The summed E-state index contributed by atoms with van der Waals surface area (Å²) in [4.78, 5) is 16.1. The smallest absolute Gasteiger partial charge is 0.216 e. The highest BCUT2D eigenvalue weighted by Crippen LogP contribution is 2.26. The van der Waals surface area contributed by atoms with Crippen LogP contribution in [0.5, 0.6) is 0 Å². The Bertz CT molecular complexity index is 2940. The van der Waals surface area contributed by atoms with E-state index in [9.17, 15) is 0 Å². The molecule has 1 aliphatic heterocycles. The largest absolute Gasteiger partial charge is 0.375 e. The lowest BCUT2D eigenvalue weighted by molar-refractivity contribution is -0.700. The summed E-state index contributed by atoms with van der Waals surface area (Å²) >= 11 is 0. The van der Waals surface area contributed by atoms with Gasteiger partial charge >= 0.3 is 0 Å². The summed E-state index contributed by atoms with van der Waals surface area (Å²) in [7, 11) is 0. The SMILES string of the molecule is CCCCOCC[n+]1ccccc1C1=c2ccc([nH]2)=C(c2cccc[n+]2CCOCCCC)c2ccc([nH]2)C(c2cccc[n+]2CCOCCCC)=c2ccc([nH]2)=C(c2cccc[n+]2CCOCCCC)c2ccc1[nH]2. The van der Waals surface area contributed by atoms with Crippen molar-refractivity contribution in [1.29, 1.82) is 0 Å². The second-order valence-corrected chi connectivity index (χ2v) is 19.6. The van der Waals surface area contributed by atoms with E-state index in [0.717, 1.165) is 167 Å². The molecule has 9 rings (SSSR count). The number of rotatable bonds is 28. The van der Waals surface area contributed by atoms with Crippen LogP contribution in [0.3, 0.4) is 0 Å². The highest BCUT2D eigenvalue weighted by molar-refractivity contribution is 5.81. The van der Waals surface area contributed by atoms with Gasteiger partial charge in [-0.3, -0.25) is 0 Å². The van der Waals surface area contributed by atoms with E-state index in [2.05, 4.69) is 212 Å². The van der Waals surface area contributed by atoms with Crippen LogP contribution in [-0.4, -0.2) is 72.8 Å². The van der Waals surface area contributed by atoms with Crippen LogP contribution in [-0.2, 0) is 45.1 Å². The van der Waals surface area contributed by atoms with Crippen LogP contribution in [0.25, 0.3) is 22.3 Å². The van der Waals surface area contributed by atoms with Crippen molar-refractivity contribution in [2.75, 3.05) is 52.9 Å². The number of aromatic amines is 4. The van der Waals surface area contributed by atoms with Gasteiger partial charge in [0.1, 0.15) is 26.4 Å². The lowest BCUT2D eigenvalue weighted by Crippen LogP contribution is -2.42. The van der Waals surface area contributed by atoms with Crippen LogP contribution in [0.1, 0.15) is 125 Å². The van der Waals surface area contributed by atoms with Crippen molar-refractivity contribution in [3.05, 3.63) is 213 Å². The fraction of sp³-hybridized carbons (Fsp3) is 0.375. The number of hydrogen-bond acceptors (Lipinski definition) is 4. The molecule has 9 heterocycles. The molecule has 0 unspecified atom stereocenters. The normalized spacial score (nSPS) is 12.6. The second kappa shape index (κ2) is 27.7. The molecule has 0 spiro atoms. The van der Waals surface area contributed by atoms with Crippen LogP contribution < -0.4 is 39.7 Å². The van der Waals surface area contributed by atoms with Gasteiger partial charge < -0.3 is 38.9 Å². The zero-order valence-corrected chi connectivity index (χ0v) is 45.4. The molecule has 8 aromatic rings. The van der Waals surface area contributed by atoms with E-state index in [1.807, 2.05) is 0 Å². The summed E-state index contributed by atoms with van der Waals surface area (Å²) in [6, 6.07) is 43.8. The third-order valence-corrected chi connectivity index (χ3v) is 14.2. The molecule has 8 aromatic heterocycles. The number of ether oxygens (including phenoxy) is 4. The molecule has 0 aromatic carbocycles. The first-order chi connectivity index (χ1) is 37.6. The average Bonchev–Trinajstić information content (AvgIpc) is 4.32. The van der Waals surface area contributed by atoms with E-state index in [1.54, 1.807) is 0 Å². The standard InChI is InChI=1S/C64H78N8O4/c1-5-9-41-73-45-37-69-33-17-13-21-57(69)61-49-25-27-51(65-49)62(58-22-14-18-34-70(58)38-46-74-42-10-6-2)53-29-31-55(67-53)64(60-24-16-20-36-72(60)40-48-76-44-12-8-4)56-32-30-54(68-56)63(52-28-26-50(61)66-52)59-23-15-19-35-71(59)39-47-75-43-11-7-3/h13-36H,5-12,37-48H2,1-4H3,(H2,65,66,67,68)/q+2/p+2. The third-order valence-electron chi connectivity index (χ3n) is 14.2. The number of hydrogen-bond donors (Lipinski definition) is 4. The van der Waals surface area contributed by atoms with E-state index in [0.29, 0.717) is 52.6 Å². The Hall–Kier alpha value is -6.96. The number of nitrogens with one attached hydrogen (secondary N) is 4. The number of fused-ring (bicyclic) bond motifs is 8. The molecule has 0 atom stereocenters. The van der Waals surface area contributed by atoms with Crippen molar-refractivity contribution >= 4 is 22.3 Å². The fourth-order valence-corrected chi connectivity index (χ4v) is 10.1. The van der Waals surface area contributed by atoms with Crippen LogP contribution >= 0.6 is 0 Å². The second-order valence-electron chi connectivity index (χ2n) is 19.6.